The third-order valence-corrected chi connectivity index (χ3v) is 4.45. The molecule has 1 fully saturated rings. The highest BCUT2D eigenvalue weighted by Gasteiger charge is 2.31. The van der Waals surface area contributed by atoms with Crippen LogP contribution in [0.3, 0.4) is 0 Å². The van der Waals surface area contributed by atoms with E-state index in [1.165, 1.54) is 11.1 Å². The van der Waals surface area contributed by atoms with Gasteiger partial charge in [-0.15, -0.1) is 0 Å². The number of likely N-dealkylation sites (tertiary alicyclic amines) is 1. The molecule has 2 amide bonds. The van der Waals surface area contributed by atoms with Gasteiger partial charge in [-0.25, -0.2) is 4.79 Å². The minimum Gasteiger partial charge on any atom is -0.465 e. The molecule has 1 aliphatic rings. The fourth-order valence-corrected chi connectivity index (χ4v) is 3.02. The summed E-state index contributed by atoms with van der Waals surface area (Å²) in [5.41, 5.74) is 7.74. The number of nitrogen functional groups attached to an aromatic ring is 1. The SMILES string of the molecule is Nc1c(NC(=O)[C@H]2CCN(C(=O)O)C2)cnc2cc(Br)ccc12. The Labute approximate surface area is 140 Å². The largest absolute Gasteiger partial charge is 0.465 e. The molecule has 120 valence electrons. The number of carboxylic acid groups (broad SMARTS) is 1. The zero-order valence-corrected chi connectivity index (χ0v) is 13.7. The van der Waals surface area contributed by atoms with Crippen molar-refractivity contribution in [2.24, 2.45) is 5.92 Å². The fraction of sp³-hybridized carbons (Fsp3) is 0.267. The van der Waals surface area contributed by atoms with E-state index in [-0.39, 0.29) is 18.4 Å². The van der Waals surface area contributed by atoms with Crippen LogP contribution in [0.2, 0.25) is 0 Å². The van der Waals surface area contributed by atoms with Crippen LogP contribution in [0.1, 0.15) is 6.42 Å². The van der Waals surface area contributed by atoms with E-state index in [2.05, 4.69) is 26.2 Å². The molecular formula is C15H15BrN4O3. The molecule has 0 bridgehead atoms. The number of fused-ring (bicyclic) bond motifs is 1. The number of amides is 2. The average Bonchev–Trinajstić information content (AvgIpc) is 3.00. The number of nitrogens with zero attached hydrogens (tertiary/aromatic N) is 2. The topological polar surface area (TPSA) is 109 Å². The van der Waals surface area contributed by atoms with Gasteiger partial charge < -0.3 is 21.1 Å². The van der Waals surface area contributed by atoms with E-state index in [1.807, 2.05) is 18.2 Å². The van der Waals surface area contributed by atoms with Crippen molar-refractivity contribution in [1.29, 1.82) is 0 Å². The van der Waals surface area contributed by atoms with Crippen molar-refractivity contribution in [3.63, 3.8) is 0 Å². The number of hydrogen-bond donors (Lipinski definition) is 3. The van der Waals surface area contributed by atoms with Crippen LogP contribution in [0, 0.1) is 5.92 Å². The minimum absolute atomic E-state index is 0.203. The number of benzene rings is 1. The Kier molecular flexibility index (Phi) is 4.08. The molecule has 0 aliphatic carbocycles. The molecule has 0 saturated carbocycles. The maximum atomic E-state index is 12.3. The molecule has 1 atom stereocenters. The number of nitrogens with one attached hydrogen (secondary N) is 1. The van der Waals surface area contributed by atoms with Gasteiger partial charge in [0.25, 0.3) is 0 Å². The number of anilines is 2. The summed E-state index contributed by atoms with van der Waals surface area (Å²) in [4.78, 5) is 28.8. The minimum atomic E-state index is -1.00. The summed E-state index contributed by atoms with van der Waals surface area (Å²) in [5.74, 6) is -0.607. The first-order valence-electron chi connectivity index (χ1n) is 7.08. The van der Waals surface area contributed by atoms with Crippen molar-refractivity contribution in [3.05, 3.63) is 28.9 Å². The molecule has 1 aliphatic heterocycles. The van der Waals surface area contributed by atoms with Crippen molar-refractivity contribution in [1.82, 2.24) is 9.88 Å². The molecule has 1 aromatic heterocycles. The molecule has 7 nitrogen and oxygen atoms in total. The van der Waals surface area contributed by atoms with Gasteiger partial charge in [0.15, 0.2) is 0 Å². The molecule has 23 heavy (non-hydrogen) atoms. The number of halogens is 1. The standard InChI is InChI=1S/C15H15BrN4O3/c16-9-1-2-10-11(5-9)18-6-12(13(10)17)19-14(21)8-3-4-20(7-8)15(22)23/h1-2,5-6,8H,3-4,7H2,(H2,17,18)(H,19,21)(H,22,23)/t8-/m0/s1. The number of nitrogens with two attached hydrogens (primary N) is 1. The first-order valence-corrected chi connectivity index (χ1v) is 7.87. The van der Waals surface area contributed by atoms with Crippen LogP contribution in [0.15, 0.2) is 28.9 Å². The number of pyridine rings is 1. The number of carbonyl (C=O) groups excluding carboxylic acids is 1. The van der Waals surface area contributed by atoms with Crippen LogP contribution in [-0.2, 0) is 4.79 Å². The van der Waals surface area contributed by atoms with Gasteiger partial charge in [-0.3, -0.25) is 9.78 Å². The molecule has 0 unspecified atom stereocenters. The average molecular weight is 379 g/mol. The second kappa shape index (κ2) is 6.04. The van der Waals surface area contributed by atoms with E-state index >= 15 is 0 Å². The molecule has 3 rings (SSSR count). The van der Waals surface area contributed by atoms with Crippen molar-refractivity contribution in [2.75, 3.05) is 24.1 Å². The molecule has 8 heteroatoms. The predicted octanol–water partition coefficient (Wildman–Crippen LogP) is 2.52. The lowest BCUT2D eigenvalue weighted by Crippen LogP contribution is -2.30. The zero-order chi connectivity index (χ0) is 16.6. The lowest BCUT2D eigenvalue weighted by Gasteiger charge is -2.14. The zero-order valence-electron chi connectivity index (χ0n) is 12.1. The number of hydrogen-bond acceptors (Lipinski definition) is 4. The Balaban J connectivity index is 1.79. The van der Waals surface area contributed by atoms with Crippen molar-refractivity contribution in [2.45, 2.75) is 6.42 Å². The van der Waals surface area contributed by atoms with E-state index in [1.54, 1.807) is 0 Å². The van der Waals surface area contributed by atoms with Crippen molar-refractivity contribution < 1.29 is 14.7 Å². The fourth-order valence-electron chi connectivity index (χ4n) is 2.67. The smallest absolute Gasteiger partial charge is 0.407 e. The summed E-state index contributed by atoms with van der Waals surface area (Å²) < 4.78 is 0.897. The van der Waals surface area contributed by atoms with Crippen molar-refractivity contribution >= 4 is 50.2 Å². The van der Waals surface area contributed by atoms with Crippen molar-refractivity contribution in [3.8, 4) is 0 Å². The molecule has 2 aromatic rings. The molecule has 1 aromatic carbocycles. The van der Waals surface area contributed by atoms with Gasteiger partial charge in [0.1, 0.15) is 0 Å². The first kappa shape index (κ1) is 15.5. The highest BCUT2D eigenvalue weighted by Crippen LogP contribution is 2.29. The lowest BCUT2D eigenvalue weighted by atomic mass is 10.1. The van der Waals surface area contributed by atoms with Crippen LogP contribution in [0.4, 0.5) is 16.2 Å². The van der Waals surface area contributed by atoms with E-state index in [0.717, 1.165) is 15.4 Å². The van der Waals surface area contributed by atoms with E-state index in [4.69, 9.17) is 10.8 Å². The maximum absolute atomic E-state index is 12.3. The number of rotatable bonds is 2. The molecular weight excluding hydrogens is 364 g/mol. The maximum Gasteiger partial charge on any atom is 0.407 e. The van der Waals surface area contributed by atoms with Crippen LogP contribution in [-0.4, -0.2) is 40.1 Å². The van der Waals surface area contributed by atoms with E-state index in [9.17, 15) is 9.59 Å². The second-order valence-electron chi connectivity index (χ2n) is 5.45. The van der Waals surface area contributed by atoms with E-state index < -0.39 is 6.09 Å². The van der Waals surface area contributed by atoms with Gasteiger partial charge in [0.05, 0.1) is 29.0 Å². The van der Waals surface area contributed by atoms with Gasteiger partial charge in [0, 0.05) is 22.9 Å². The Morgan fingerprint density at radius 2 is 2.22 bits per heavy atom. The Morgan fingerprint density at radius 3 is 2.91 bits per heavy atom. The summed E-state index contributed by atoms with van der Waals surface area (Å²) in [5, 5.41) is 12.5. The Hall–Kier alpha value is -2.35. The van der Waals surface area contributed by atoms with Gasteiger partial charge in [0.2, 0.25) is 5.91 Å². The van der Waals surface area contributed by atoms with Gasteiger partial charge in [-0.2, -0.15) is 0 Å². The lowest BCUT2D eigenvalue weighted by molar-refractivity contribution is -0.119. The van der Waals surface area contributed by atoms with Crippen LogP contribution >= 0.6 is 15.9 Å². The highest BCUT2D eigenvalue weighted by molar-refractivity contribution is 9.10. The Bertz CT molecular complexity index is 796. The third-order valence-electron chi connectivity index (χ3n) is 3.96. The predicted molar refractivity (Wildman–Crippen MR) is 90.2 cm³/mol. The monoisotopic (exact) mass is 378 g/mol. The summed E-state index contributed by atoms with van der Waals surface area (Å²) in [6.07, 6.45) is 1.02. The summed E-state index contributed by atoms with van der Waals surface area (Å²) in [7, 11) is 0. The molecule has 2 heterocycles. The van der Waals surface area contributed by atoms with E-state index in [0.29, 0.717) is 24.3 Å². The number of carbonyl (C=O) groups is 2. The summed E-state index contributed by atoms with van der Waals surface area (Å²) >= 11 is 3.37. The summed E-state index contributed by atoms with van der Waals surface area (Å²) in [6.45, 7) is 0.571. The normalized spacial score (nSPS) is 17.4. The Morgan fingerprint density at radius 1 is 1.43 bits per heavy atom. The molecule has 0 spiro atoms. The summed E-state index contributed by atoms with van der Waals surface area (Å²) in [6, 6.07) is 5.53. The van der Waals surface area contributed by atoms with Crippen LogP contribution < -0.4 is 11.1 Å². The molecule has 0 radical (unpaired) electrons. The second-order valence-corrected chi connectivity index (χ2v) is 6.37. The highest BCUT2D eigenvalue weighted by atomic mass is 79.9. The number of aromatic nitrogens is 1. The third kappa shape index (κ3) is 3.07. The van der Waals surface area contributed by atoms with Crippen LogP contribution in [0.5, 0.6) is 0 Å². The van der Waals surface area contributed by atoms with Crippen LogP contribution in [0.25, 0.3) is 10.9 Å². The molecule has 1 saturated heterocycles. The first-order chi connectivity index (χ1) is 11.0. The van der Waals surface area contributed by atoms with Gasteiger partial charge in [-0.05, 0) is 24.6 Å². The van der Waals surface area contributed by atoms with Gasteiger partial charge >= 0.3 is 6.09 Å². The molecule has 4 N–H and O–H groups in total. The quantitative estimate of drug-likeness (QED) is 0.743. The van der Waals surface area contributed by atoms with Gasteiger partial charge in [-0.1, -0.05) is 15.9 Å².